The minimum Gasteiger partial charge on any atom is -0.423 e. The van der Waals surface area contributed by atoms with Gasteiger partial charge in [-0.2, -0.15) is 0 Å². The van der Waals surface area contributed by atoms with Crippen molar-refractivity contribution in [1.29, 1.82) is 0 Å². The maximum absolute atomic E-state index is 8.58. The summed E-state index contributed by atoms with van der Waals surface area (Å²) in [5.41, 5.74) is 0.525. The van der Waals surface area contributed by atoms with E-state index in [1.165, 1.54) is 47.7 Å². The first-order chi connectivity index (χ1) is 33.7. The van der Waals surface area contributed by atoms with E-state index >= 15 is 0 Å². The largest absolute Gasteiger partial charge is 0.488 e. The van der Waals surface area contributed by atoms with Crippen molar-refractivity contribution < 1.29 is 10.0 Å². The van der Waals surface area contributed by atoms with Crippen LogP contribution in [0.4, 0.5) is 0 Å². The molecule has 2 N–H and O–H groups in total. The van der Waals surface area contributed by atoms with Crippen molar-refractivity contribution in [1.82, 2.24) is 0 Å². The van der Waals surface area contributed by atoms with Crippen LogP contribution in [0.25, 0.3) is 0 Å². The Morgan fingerprint density at radius 3 is 0.426 bits per heavy atom. The summed E-state index contributed by atoms with van der Waals surface area (Å²) < 4.78 is 0. The van der Waals surface area contributed by atoms with Crippen LogP contribution in [0.15, 0.2) is 303 Å². The highest BCUT2D eigenvalue weighted by molar-refractivity contribution is 7.80. The van der Waals surface area contributed by atoms with E-state index in [4.69, 9.17) is 10.0 Å². The van der Waals surface area contributed by atoms with Gasteiger partial charge < -0.3 is 10.0 Å². The van der Waals surface area contributed by atoms with Crippen molar-refractivity contribution in [2.24, 2.45) is 0 Å². The Morgan fingerprint density at radius 1 is 0.206 bits per heavy atom. The van der Waals surface area contributed by atoms with Gasteiger partial charge in [-0.25, -0.2) is 0 Å². The summed E-state index contributed by atoms with van der Waals surface area (Å²) in [6, 6.07) is 106. The van der Waals surface area contributed by atoms with Crippen molar-refractivity contribution >= 4 is 84.1 Å². The Kier molecular flexibility index (Phi) is 21.9. The second kappa shape index (κ2) is 29.3. The molecular weight excluding hydrogens is 880 g/mol. The smallest absolute Gasteiger partial charge is 0.423 e. The molecule has 0 aromatic heterocycles. The van der Waals surface area contributed by atoms with Gasteiger partial charge in [-0.1, -0.05) is 317 Å². The maximum atomic E-state index is 8.58. The average Bonchev–Trinajstić information content (AvgIpc) is 3.43. The van der Waals surface area contributed by atoms with Gasteiger partial charge in [0, 0.05) is 0 Å². The average molecular weight is 939 g/mol. The van der Waals surface area contributed by atoms with E-state index in [-0.39, 0.29) is 0 Å². The molecule has 0 radical (unpaired) electrons. The molecular formula is C62H58BO2P3. The summed E-state index contributed by atoms with van der Waals surface area (Å²) in [4.78, 5) is 0. The second-order valence-corrected chi connectivity index (χ2v) is 21.5. The molecule has 336 valence electrons. The molecule has 0 saturated heterocycles. The van der Waals surface area contributed by atoms with E-state index in [1.807, 2.05) is 19.9 Å². The number of benzene rings is 10. The Morgan fingerprint density at radius 2 is 0.324 bits per heavy atom. The van der Waals surface area contributed by atoms with Crippen LogP contribution in [0.3, 0.4) is 0 Å². The summed E-state index contributed by atoms with van der Waals surface area (Å²) in [7, 11) is -2.68. The minimum atomic E-state index is -1.34. The van der Waals surface area contributed by atoms with E-state index in [2.05, 4.69) is 273 Å². The van der Waals surface area contributed by atoms with Gasteiger partial charge in [0.2, 0.25) is 0 Å². The molecule has 0 bridgehead atoms. The van der Waals surface area contributed by atoms with Gasteiger partial charge in [0.15, 0.2) is 0 Å². The Bertz CT molecular complexity index is 2230. The predicted octanol–water partition coefficient (Wildman–Crippen LogP) is 10.7. The van der Waals surface area contributed by atoms with Gasteiger partial charge in [0.05, 0.1) is 0 Å². The number of hydrogen-bond donors (Lipinski definition) is 2. The van der Waals surface area contributed by atoms with Crippen LogP contribution in [0.2, 0.25) is 0 Å². The Balaban J connectivity index is 0.000000152. The molecule has 0 aliphatic carbocycles. The van der Waals surface area contributed by atoms with Gasteiger partial charge >= 0.3 is 7.12 Å². The molecule has 0 heterocycles. The van der Waals surface area contributed by atoms with Crippen LogP contribution in [0.5, 0.6) is 0 Å². The first-order valence-electron chi connectivity index (χ1n) is 22.9. The molecule has 10 aromatic rings. The highest BCUT2D eigenvalue weighted by atomic mass is 31.1. The molecule has 0 fully saturated rings. The second-order valence-electron chi connectivity index (χ2n) is 14.8. The van der Waals surface area contributed by atoms with Crippen molar-refractivity contribution in [3.8, 4) is 0 Å². The molecule has 0 aliphatic heterocycles. The summed E-state index contributed by atoms with van der Waals surface area (Å²) >= 11 is 0. The quantitative estimate of drug-likeness (QED) is 0.106. The lowest BCUT2D eigenvalue weighted by Gasteiger charge is -2.18. The molecule has 0 atom stereocenters. The molecule has 0 amide bonds. The van der Waals surface area contributed by atoms with Gasteiger partial charge in [-0.15, -0.1) is 0 Å². The van der Waals surface area contributed by atoms with Gasteiger partial charge in [-0.3, -0.25) is 0 Å². The minimum absolute atomic E-state index is 0.446. The molecule has 0 aliphatic rings. The standard InChI is InChI=1S/3C18H15P.C6H7BO2.C2H6/c3*1-4-10-16(11-5-1)19(17-12-6-2-7-13-17)18-14-8-3-9-15-18;8-7(9)6-4-2-1-3-5-6;1-2/h3*1-15H;1-5,8-9H;1-2H3. The summed E-state index contributed by atoms with van der Waals surface area (Å²) in [5, 5.41) is 29.7. The predicted molar refractivity (Wildman–Crippen MR) is 303 cm³/mol. The fraction of sp³-hybridized carbons (Fsp3) is 0.0323. The van der Waals surface area contributed by atoms with Crippen LogP contribution in [-0.2, 0) is 0 Å². The van der Waals surface area contributed by atoms with Crippen molar-refractivity contribution in [3.05, 3.63) is 303 Å². The number of rotatable bonds is 10. The maximum Gasteiger partial charge on any atom is 0.488 e. The fourth-order valence-corrected chi connectivity index (χ4v) is 14.1. The van der Waals surface area contributed by atoms with Crippen molar-refractivity contribution in [3.63, 3.8) is 0 Å². The highest BCUT2D eigenvalue weighted by Crippen LogP contribution is 2.34. The normalized spacial score (nSPS) is 10.2. The molecule has 0 saturated carbocycles. The zero-order chi connectivity index (χ0) is 47.4. The van der Waals surface area contributed by atoms with Crippen LogP contribution in [-0.4, -0.2) is 17.2 Å². The molecule has 10 rings (SSSR count). The molecule has 10 aromatic carbocycles. The molecule has 6 heteroatoms. The first-order valence-corrected chi connectivity index (χ1v) is 26.9. The van der Waals surface area contributed by atoms with Gasteiger partial charge in [-0.05, 0) is 77.0 Å². The van der Waals surface area contributed by atoms with Crippen LogP contribution in [0.1, 0.15) is 13.8 Å². The van der Waals surface area contributed by atoms with Crippen LogP contribution >= 0.6 is 23.8 Å². The SMILES string of the molecule is CC.OB(O)c1ccccc1.c1ccc(P(c2ccccc2)c2ccccc2)cc1.c1ccc(P(c2ccccc2)c2ccccc2)cc1.c1ccc(P(c2ccccc2)c2ccccc2)cc1. The van der Waals surface area contributed by atoms with Gasteiger partial charge in [0.25, 0.3) is 0 Å². The Labute approximate surface area is 409 Å². The van der Waals surface area contributed by atoms with Crippen molar-refractivity contribution in [2.75, 3.05) is 0 Å². The summed E-state index contributed by atoms with van der Waals surface area (Å²) in [6.45, 7) is 4.00. The Hall–Kier alpha value is -6.53. The summed E-state index contributed by atoms with van der Waals surface area (Å²) in [6.07, 6.45) is 0. The lowest BCUT2D eigenvalue weighted by atomic mass is 9.81. The van der Waals surface area contributed by atoms with E-state index in [1.54, 1.807) is 24.3 Å². The molecule has 68 heavy (non-hydrogen) atoms. The number of hydrogen-bond acceptors (Lipinski definition) is 2. The van der Waals surface area contributed by atoms with Crippen LogP contribution < -0.4 is 53.2 Å². The molecule has 0 unspecified atom stereocenters. The van der Waals surface area contributed by atoms with Gasteiger partial charge in [0.1, 0.15) is 0 Å². The topological polar surface area (TPSA) is 40.5 Å². The van der Waals surface area contributed by atoms with Crippen molar-refractivity contribution in [2.45, 2.75) is 13.8 Å². The third-order valence-electron chi connectivity index (χ3n) is 10.2. The first kappa shape index (κ1) is 50.9. The highest BCUT2D eigenvalue weighted by Gasteiger charge is 2.17. The molecule has 2 nitrogen and oxygen atoms in total. The third-order valence-corrected chi connectivity index (χ3v) is 17.6. The zero-order valence-corrected chi connectivity index (χ0v) is 41.4. The lowest BCUT2D eigenvalue weighted by molar-refractivity contribution is 0.426. The van der Waals surface area contributed by atoms with E-state index in [0.717, 1.165) is 0 Å². The van der Waals surface area contributed by atoms with E-state index in [9.17, 15) is 0 Å². The summed E-state index contributed by atoms with van der Waals surface area (Å²) in [5.74, 6) is 0. The molecule has 0 spiro atoms. The van der Waals surface area contributed by atoms with E-state index < -0.39 is 30.9 Å². The fourth-order valence-electron chi connectivity index (χ4n) is 7.16. The lowest BCUT2D eigenvalue weighted by Crippen LogP contribution is -2.29. The monoisotopic (exact) mass is 938 g/mol. The zero-order valence-electron chi connectivity index (χ0n) is 38.7. The van der Waals surface area contributed by atoms with E-state index in [0.29, 0.717) is 5.46 Å². The third kappa shape index (κ3) is 15.8. The van der Waals surface area contributed by atoms with Crippen LogP contribution in [0, 0.1) is 0 Å².